The lowest BCUT2D eigenvalue weighted by molar-refractivity contribution is -0.117. The summed E-state index contributed by atoms with van der Waals surface area (Å²) in [7, 11) is -4.88. The number of hydrogen-bond donors (Lipinski definition) is 0. The zero-order valence-electron chi connectivity index (χ0n) is 8.81. The van der Waals surface area contributed by atoms with Gasteiger partial charge in [-0.3, -0.25) is 9.69 Å². The molecule has 1 saturated heterocycles. The van der Waals surface area contributed by atoms with Crippen LogP contribution in [-0.4, -0.2) is 31.1 Å². The quantitative estimate of drug-likeness (QED) is 0.750. The van der Waals surface area contributed by atoms with Crippen LogP contribution in [0.2, 0.25) is 0 Å². The molecule has 1 aromatic rings. The number of amides is 1. The van der Waals surface area contributed by atoms with Crippen LogP contribution >= 0.6 is 0 Å². The van der Waals surface area contributed by atoms with E-state index >= 15 is 0 Å². The van der Waals surface area contributed by atoms with E-state index in [9.17, 15) is 25.9 Å². The second-order valence-electron chi connectivity index (χ2n) is 3.77. The molecule has 0 saturated carbocycles. The highest BCUT2D eigenvalue weighted by Gasteiger charge is 2.40. The Morgan fingerprint density at radius 3 is 2.56 bits per heavy atom. The molecule has 0 spiro atoms. The molecule has 18 heavy (non-hydrogen) atoms. The van der Waals surface area contributed by atoms with Gasteiger partial charge in [-0.25, -0.2) is 13.8 Å². The predicted octanol–water partition coefficient (Wildman–Crippen LogP) is 0.764. The van der Waals surface area contributed by atoms with E-state index < -0.39 is 51.8 Å². The fourth-order valence-electron chi connectivity index (χ4n) is 1.67. The van der Waals surface area contributed by atoms with E-state index in [0.29, 0.717) is 17.2 Å². The van der Waals surface area contributed by atoms with Crippen LogP contribution in [0, 0.1) is 11.6 Å². The average Bonchev–Trinajstić information content (AvgIpc) is 2.60. The summed E-state index contributed by atoms with van der Waals surface area (Å²) in [5.74, 6) is -3.33. The van der Waals surface area contributed by atoms with Gasteiger partial charge in [-0.1, -0.05) is 0 Å². The fourth-order valence-corrected chi connectivity index (χ4v) is 2.34. The first kappa shape index (κ1) is 12.8. The smallest absolute Gasteiger partial charge is 0.293 e. The molecule has 2 heterocycles. The number of halogens is 3. The second kappa shape index (κ2) is 4.23. The van der Waals surface area contributed by atoms with Gasteiger partial charge in [0, 0.05) is 19.0 Å². The molecular formula is C9H7F3N2O3S. The summed E-state index contributed by atoms with van der Waals surface area (Å²) in [6.07, 6.45) is 0.0975. The third-order valence-corrected chi connectivity index (χ3v) is 3.64. The first-order valence-corrected chi connectivity index (χ1v) is 6.28. The van der Waals surface area contributed by atoms with Gasteiger partial charge in [-0.15, -0.1) is 3.89 Å². The summed E-state index contributed by atoms with van der Waals surface area (Å²) in [6.45, 7) is -0.535. The SMILES string of the molecule is O=C1CC(S(=O)(=O)F)CN1c1ncc(F)cc1F. The van der Waals surface area contributed by atoms with Gasteiger partial charge >= 0.3 is 10.2 Å². The van der Waals surface area contributed by atoms with E-state index in [4.69, 9.17) is 0 Å². The standard InChI is InChI=1S/C9H7F3N2O3S/c10-5-1-7(11)9(13-3-5)14-4-6(2-8(14)15)18(12,16)17/h1,3,6H,2,4H2. The second-order valence-corrected chi connectivity index (χ2v) is 5.38. The van der Waals surface area contributed by atoms with Gasteiger partial charge in [0.15, 0.2) is 11.6 Å². The summed E-state index contributed by atoms with van der Waals surface area (Å²) in [6, 6.07) is 0.507. The van der Waals surface area contributed by atoms with Crippen molar-refractivity contribution in [2.24, 2.45) is 0 Å². The van der Waals surface area contributed by atoms with Crippen molar-refractivity contribution < 1.29 is 25.9 Å². The summed E-state index contributed by atoms with van der Waals surface area (Å²) >= 11 is 0. The van der Waals surface area contributed by atoms with Crippen molar-refractivity contribution in [3.8, 4) is 0 Å². The lowest BCUT2D eigenvalue weighted by Gasteiger charge is -2.15. The van der Waals surface area contributed by atoms with Gasteiger partial charge in [-0.05, 0) is 0 Å². The van der Waals surface area contributed by atoms with E-state index in [1.165, 1.54) is 0 Å². The maximum Gasteiger partial charge on any atom is 0.307 e. The van der Waals surface area contributed by atoms with Crippen LogP contribution in [0.1, 0.15) is 6.42 Å². The number of aromatic nitrogens is 1. The molecule has 0 radical (unpaired) electrons. The van der Waals surface area contributed by atoms with Crippen LogP contribution < -0.4 is 4.90 Å². The zero-order chi connectivity index (χ0) is 13.5. The molecule has 1 fully saturated rings. The predicted molar refractivity (Wildman–Crippen MR) is 54.9 cm³/mol. The Kier molecular flexibility index (Phi) is 3.01. The molecule has 1 amide bonds. The third-order valence-electron chi connectivity index (χ3n) is 2.53. The Balaban J connectivity index is 2.33. The molecule has 1 aliphatic rings. The molecule has 2 rings (SSSR count). The molecule has 0 N–H and O–H groups in total. The topological polar surface area (TPSA) is 67.3 Å². The zero-order valence-corrected chi connectivity index (χ0v) is 9.62. The Hall–Kier alpha value is -1.64. The molecule has 1 aliphatic heterocycles. The summed E-state index contributed by atoms with van der Waals surface area (Å²) in [5.41, 5.74) is 0. The molecule has 0 aliphatic carbocycles. The highest BCUT2D eigenvalue weighted by molar-refractivity contribution is 7.87. The van der Waals surface area contributed by atoms with Crippen molar-refractivity contribution in [1.82, 2.24) is 4.98 Å². The van der Waals surface area contributed by atoms with E-state index in [-0.39, 0.29) is 0 Å². The molecule has 1 atom stereocenters. The van der Waals surface area contributed by atoms with E-state index in [2.05, 4.69) is 4.98 Å². The Bertz CT molecular complexity index is 605. The summed E-state index contributed by atoms with van der Waals surface area (Å²) in [5, 5.41) is -1.55. The van der Waals surface area contributed by atoms with Gasteiger partial charge in [0.1, 0.15) is 11.1 Å². The molecule has 1 unspecified atom stereocenters. The van der Waals surface area contributed by atoms with Gasteiger partial charge in [-0.2, -0.15) is 8.42 Å². The van der Waals surface area contributed by atoms with Crippen LogP contribution in [-0.2, 0) is 15.0 Å². The summed E-state index contributed by atoms with van der Waals surface area (Å²) in [4.78, 5) is 15.5. The lowest BCUT2D eigenvalue weighted by Crippen LogP contribution is -2.28. The van der Waals surface area contributed by atoms with Crippen LogP contribution in [0.4, 0.5) is 18.5 Å². The largest absolute Gasteiger partial charge is 0.307 e. The minimum absolute atomic E-state index is 0.507. The monoisotopic (exact) mass is 280 g/mol. The van der Waals surface area contributed by atoms with Crippen molar-refractivity contribution in [2.45, 2.75) is 11.7 Å². The fraction of sp³-hybridized carbons (Fsp3) is 0.333. The van der Waals surface area contributed by atoms with Gasteiger partial charge in [0.25, 0.3) is 0 Å². The number of carbonyl (C=O) groups is 1. The molecule has 1 aromatic heterocycles. The highest BCUT2D eigenvalue weighted by Crippen LogP contribution is 2.26. The minimum Gasteiger partial charge on any atom is -0.293 e. The van der Waals surface area contributed by atoms with E-state index in [1.54, 1.807) is 0 Å². The number of hydrogen-bond acceptors (Lipinski definition) is 4. The maximum absolute atomic E-state index is 13.4. The van der Waals surface area contributed by atoms with Gasteiger partial charge in [0.2, 0.25) is 5.91 Å². The molecular weight excluding hydrogens is 273 g/mol. The summed E-state index contributed by atoms with van der Waals surface area (Å²) < 4.78 is 60.1. The third kappa shape index (κ3) is 2.30. The molecule has 5 nitrogen and oxygen atoms in total. The first-order valence-electron chi connectivity index (χ1n) is 4.84. The first-order chi connectivity index (χ1) is 8.29. The van der Waals surface area contributed by atoms with Crippen LogP contribution in [0.5, 0.6) is 0 Å². The van der Waals surface area contributed by atoms with Crippen LogP contribution in [0.25, 0.3) is 0 Å². The van der Waals surface area contributed by atoms with Gasteiger partial charge in [0.05, 0.1) is 6.20 Å². The Labute approximate surface area is 100 Å². The number of rotatable bonds is 2. The number of nitrogens with zero attached hydrogens (tertiary/aromatic N) is 2. The lowest BCUT2D eigenvalue weighted by atomic mass is 10.4. The number of carbonyl (C=O) groups excluding carboxylic acids is 1. The van der Waals surface area contributed by atoms with Crippen molar-refractivity contribution in [1.29, 1.82) is 0 Å². The van der Waals surface area contributed by atoms with Crippen molar-refractivity contribution in [3.05, 3.63) is 23.9 Å². The van der Waals surface area contributed by atoms with Gasteiger partial charge < -0.3 is 0 Å². The normalized spacial score (nSPS) is 20.5. The number of pyridine rings is 1. The average molecular weight is 280 g/mol. The van der Waals surface area contributed by atoms with Crippen molar-refractivity contribution >= 4 is 21.9 Å². The van der Waals surface area contributed by atoms with Crippen molar-refractivity contribution in [2.75, 3.05) is 11.4 Å². The number of anilines is 1. The van der Waals surface area contributed by atoms with Crippen molar-refractivity contribution in [3.63, 3.8) is 0 Å². The minimum atomic E-state index is -4.88. The Morgan fingerprint density at radius 2 is 2.06 bits per heavy atom. The molecule has 98 valence electrons. The molecule has 0 aromatic carbocycles. The molecule has 9 heteroatoms. The Morgan fingerprint density at radius 1 is 1.39 bits per heavy atom. The molecule has 0 bridgehead atoms. The highest BCUT2D eigenvalue weighted by atomic mass is 32.3. The maximum atomic E-state index is 13.4. The van der Waals surface area contributed by atoms with E-state index in [0.717, 1.165) is 0 Å². The van der Waals surface area contributed by atoms with E-state index in [1.807, 2.05) is 0 Å². The van der Waals surface area contributed by atoms with Crippen LogP contribution in [0.15, 0.2) is 12.3 Å². The van der Waals surface area contributed by atoms with Crippen LogP contribution in [0.3, 0.4) is 0 Å².